The minimum absolute atomic E-state index is 0.0619. The molecular weight excluding hydrogens is 379 g/mol. The number of hydrogen-bond donors (Lipinski definition) is 1. The molecule has 1 amide bonds. The van der Waals surface area contributed by atoms with E-state index >= 15 is 0 Å². The van der Waals surface area contributed by atoms with Crippen molar-refractivity contribution in [1.29, 1.82) is 0 Å². The maximum Gasteiger partial charge on any atom is 0.346 e. The molecule has 0 spiro atoms. The van der Waals surface area contributed by atoms with E-state index in [0.717, 1.165) is 36.0 Å². The van der Waals surface area contributed by atoms with E-state index in [1.165, 1.54) is 10.7 Å². The second kappa shape index (κ2) is 7.29. The van der Waals surface area contributed by atoms with E-state index in [0.29, 0.717) is 12.1 Å². The van der Waals surface area contributed by atoms with E-state index < -0.39 is 0 Å². The number of hydrogen-bond acceptors (Lipinski definition) is 3. The molecule has 24 heavy (non-hydrogen) atoms. The van der Waals surface area contributed by atoms with Crippen molar-refractivity contribution in [2.45, 2.75) is 45.3 Å². The summed E-state index contributed by atoms with van der Waals surface area (Å²) in [6, 6.07) is 4.54. The van der Waals surface area contributed by atoms with Gasteiger partial charge in [0.2, 0.25) is 5.91 Å². The lowest BCUT2D eigenvalue weighted by Crippen LogP contribution is -2.33. The molecule has 0 unspecified atom stereocenters. The Balaban J connectivity index is 1.65. The molecule has 0 bridgehead atoms. The first kappa shape index (κ1) is 16.9. The fourth-order valence-electron chi connectivity index (χ4n) is 2.79. The Kier molecular flexibility index (Phi) is 5.13. The van der Waals surface area contributed by atoms with E-state index in [1.807, 2.05) is 0 Å². The Morgan fingerprint density at radius 1 is 1.33 bits per heavy atom. The zero-order valence-corrected chi connectivity index (χ0v) is 14.7. The summed E-state index contributed by atoms with van der Waals surface area (Å²) < 4.78 is 17.2. The van der Waals surface area contributed by atoms with E-state index in [4.69, 9.17) is 0 Å². The molecule has 1 aliphatic rings. The average molecular weight is 397 g/mol. The van der Waals surface area contributed by atoms with Gasteiger partial charge in [-0.1, -0.05) is 22.4 Å². The van der Waals surface area contributed by atoms with E-state index in [1.54, 1.807) is 16.7 Å². The van der Waals surface area contributed by atoms with E-state index in [2.05, 4.69) is 26.3 Å². The number of rotatable bonds is 4. The van der Waals surface area contributed by atoms with Gasteiger partial charge in [-0.05, 0) is 31.0 Å². The van der Waals surface area contributed by atoms with Crippen molar-refractivity contribution in [2.75, 3.05) is 0 Å². The predicted molar refractivity (Wildman–Crippen MR) is 90.0 cm³/mol. The number of carbonyl (C=O) groups is 1. The Labute approximate surface area is 146 Å². The molecule has 0 fully saturated rings. The normalized spacial score (nSPS) is 14.1. The highest BCUT2D eigenvalue weighted by Gasteiger charge is 2.17. The van der Waals surface area contributed by atoms with Gasteiger partial charge in [0, 0.05) is 29.5 Å². The monoisotopic (exact) mass is 396 g/mol. The third-order valence-corrected chi connectivity index (χ3v) is 4.55. The largest absolute Gasteiger partial charge is 0.350 e. The molecule has 1 aliphatic heterocycles. The summed E-state index contributed by atoms with van der Waals surface area (Å²) in [5, 5.41) is 6.89. The number of halogens is 2. The number of nitrogens with one attached hydrogen (secondary N) is 1. The van der Waals surface area contributed by atoms with Gasteiger partial charge in [-0.25, -0.2) is 13.9 Å². The minimum Gasteiger partial charge on any atom is -0.350 e. The summed E-state index contributed by atoms with van der Waals surface area (Å²) in [6.45, 7) is 0.555. The third kappa shape index (κ3) is 3.75. The van der Waals surface area contributed by atoms with Crippen LogP contribution in [0.2, 0.25) is 0 Å². The average Bonchev–Trinajstić information content (AvgIpc) is 2.74. The number of benzene rings is 1. The predicted octanol–water partition coefficient (Wildman–Crippen LogP) is 1.99. The topological polar surface area (TPSA) is 68.9 Å². The number of nitrogens with zero attached hydrogens (tertiary/aromatic N) is 3. The van der Waals surface area contributed by atoms with Crippen LogP contribution < -0.4 is 11.0 Å². The second-order valence-electron chi connectivity index (χ2n) is 5.83. The van der Waals surface area contributed by atoms with Gasteiger partial charge in [-0.2, -0.15) is 5.10 Å². The molecule has 6 nitrogen and oxygen atoms in total. The van der Waals surface area contributed by atoms with Gasteiger partial charge < -0.3 is 5.32 Å². The van der Waals surface area contributed by atoms with Crippen molar-refractivity contribution in [3.63, 3.8) is 0 Å². The summed E-state index contributed by atoms with van der Waals surface area (Å²) in [6.07, 6.45) is 3.80. The first-order chi connectivity index (χ1) is 11.5. The minimum atomic E-state index is -0.385. The number of amides is 1. The molecule has 2 aromatic rings. The number of aryl methyl sites for hydroxylation is 1. The van der Waals surface area contributed by atoms with Gasteiger partial charge in [-0.3, -0.25) is 9.36 Å². The highest BCUT2D eigenvalue weighted by Crippen LogP contribution is 2.15. The Hall–Kier alpha value is -1.96. The van der Waals surface area contributed by atoms with Crippen molar-refractivity contribution < 1.29 is 9.18 Å². The van der Waals surface area contributed by atoms with Crippen LogP contribution >= 0.6 is 15.9 Å². The summed E-state index contributed by atoms with van der Waals surface area (Å²) in [4.78, 5) is 24.4. The first-order valence-electron chi connectivity index (χ1n) is 7.92. The van der Waals surface area contributed by atoms with Crippen LogP contribution in [0.1, 0.15) is 30.7 Å². The van der Waals surface area contributed by atoms with Crippen LogP contribution in [-0.4, -0.2) is 20.3 Å². The second-order valence-corrected chi connectivity index (χ2v) is 6.75. The lowest BCUT2D eigenvalue weighted by atomic mass is 10.2. The van der Waals surface area contributed by atoms with E-state index in [9.17, 15) is 14.0 Å². The van der Waals surface area contributed by atoms with Gasteiger partial charge in [-0.15, -0.1) is 0 Å². The van der Waals surface area contributed by atoms with Crippen LogP contribution in [-0.2, 0) is 30.8 Å². The molecule has 1 aromatic heterocycles. The van der Waals surface area contributed by atoms with Gasteiger partial charge in [0.25, 0.3) is 0 Å². The van der Waals surface area contributed by atoms with Crippen LogP contribution in [0.15, 0.2) is 27.5 Å². The van der Waals surface area contributed by atoms with Crippen molar-refractivity contribution in [1.82, 2.24) is 19.7 Å². The van der Waals surface area contributed by atoms with Crippen molar-refractivity contribution >= 4 is 21.8 Å². The lowest BCUT2D eigenvalue weighted by Gasteiger charge is -2.06. The molecule has 3 rings (SSSR count). The zero-order valence-electron chi connectivity index (χ0n) is 13.1. The molecule has 128 valence electrons. The number of aromatic nitrogens is 3. The van der Waals surface area contributed by atoms with Gasteiger partial charge in [0.1, 0.15) is 18.2 Å². The Morgan fingerprint density at radius 3 is 3.00 bits per heavy atom. The van der Waals surface area contributed by atoms with E-state index in [-0.39, 0.29) is 30.5 Å². The van der Waals surface area contributed by atoms with Gasteiger partial charge >= 0.3 is 5.69 Å². The molecule has 1 aromatic carbocycles. The van der Waals surface area contributed by atoms with Gasteiger partial charge in [0.15, 0.2) is 0 Å². The summed E-state index contributed by atoms with van der Waals surface area (Å²) in [5.41, 5.74) is 0.126. The summed E-state index contributed by atoms with van der Waals surface area (Å²) in [7, 11) is 0. The van der Waals surface area contributed by atoms with Crippen LogP contribution in [0.5, 0.6) is 0 Å². The molecule has 0 atom stereocenters. The molecule has 0 saturated heterocycles. The molecule has 8 heteroatoms. The highest BCUT2D eigenvalue weighted by molar-refractivity contribution is 9.10. The maximum atomic E-state index is 13.7. The fraction of sp³-hybridized carbons (Fsp3) is 0.438. The zero-order chi connectivity index (χ0) is 17.1. The molecule has 1 N–H and O–H groups in total. The first-order valence-corrected chi connectivity index (χ1v) is 8.71. The quantitative estimate of drug-likeness (QED) is 0.858. The molecule has 0 radical (unpaired) electrons. The van der Waals surface area contributed by atoms with Crippen molar-refractivity contribution in [2.24, 2.45) is 0 Å². The van der Waals surface area contributed by atoms with Crippen LogP contribution in [0.25, 0.3) is 0 Å². The number of carbonyl (C=O) groups excluding carboxylic acids is 1. The maximum absolute atomic E-state index is 13.7. The van der Waals surface area contributed by atoms with Crippen molar-refractivity contribution in [3.8, 4) is 0 Å². The Morgan fingerprint density at radius 2 is 2.17 bits per heavy atom. The van der Waals surface area contributed by atoms with Crippen molar-refractivity contribution in [3.05, 3.63) is 50.4 Å². The summed E-state index contributed by atoms with van der Waals surface area (Å²) >= 11 is 3.27. The SMILES string of the molecule is O=C(Cn1nc2n(c1=O)CCCCC2)NCc1cc(Br)ccc1F. The van der Waals surface area contributed by atoms with Crippen LogP contribution in [0.4, 0.5) is 4.39 Å². The molecule has 2 heterocycles. The van der Waals surface area contributed by atoms with Crippen LogP contribution in [0.3, 0.4) is 0 Å². The standard InChI is InChI=1S/C16H18BrFN4O2/c17-12-5-6-13(18)11(8-12)9-19-15(23)10-22-16(24)21-7-3-1-2-4-14(21)20-22/h5-6,8H,1-4,7,9-10H2,(H,19,23). The fourth-order valence-corrected chi connectivity index (χ4v) is 3.20. The third-order valence-electron chi connectivity index (χ3n) is 4.06. The van der Waals surface area contributed by atoms with Gasteiger partial charge in [0.05, 0.1) is 0 Å². The molecular formula is C16H18BrFN4O2. The molecule has 0 saturated carbocycles. The Bertz CT molecular complexity index is 815. The summed E-state index contributed by atoms with van der Waals surface area (Å²) in [5.74, 6) is -0.0163. The molecule has 0 aliphatic carbocycles. The van der Waals surface area contributed by atoms with Crippen LogP contribution in [0, 0.1) is 5.82 Å². The lowest BCUT2D eigenvalue weighted by molar-refractivity contribution is -0.122. The highest BCUT2D eigenvalue weighted by atomic mass is 79.9. The number of fused-ring (bicyclic) bond motifs is 1. The smallest absolute Gasteiger partial charge is 0.346 e.